The van der Waals surface area contributed by atoms with Crippen LogP contribution in [0.4, 0.5) is 0 Å². The van der Waals surface area contributed by atoms with Gasteiger partial charge in [-0.15, -0.1) is 0 Å². The summed E-state index contributed by atoms with van der Waals surface area (Å²) < 4.78 is 21.5. The molecule has 0 aromatic heterocycles. The number of hydrogen-bond acceptors (Lipinski definition) is 3. The molecule has 0 atom stereocenters. The Hall–Kier alpha value is -0.350. The van der Waals surface area contributed by atoms with E-state index >= 15 is 0 Å². The molecular formula is C10H21NO2S. The Balaban J connectivity index is 3.37. The highest BCUT2D eigenvalue weighted by atomic mass is 32.2. The average molecular weight is 219 g/mol. The molecular weight excluding hydrogens is 198 g/mol. The third kappa shape index (κ3) is 11.6. The van der Waals surface area contributed by atoms with E-state index in [1.54, 1.807) is 0 Å². The predicted octanol–water partition coefficient (Wildman–Crippen LogP) is 1.37. The van der Waals surface area contributed by atoms with E-state index in [0.717, 1.165) is 13.0 Å². The second-order valence-electron chi connectivity index (χ2n) is 3.79. The fourth-order valence-corrected chi connectivity index (χ4v) is 1.54. The molecule has 0 bridgehead atoms. The lowest BCUT2D eigenvalue weighted by atomic mass is 10.3. The van der Waals surface area contributed by atoms with Crippen molar-refractivity contribution in [1.29, 1.82) is 0 Å². The third-order valence-electron chi connectivity index (χ3n) is 1.69. The topological polar surface area (TPSA) is 46.2 Å². The van der Waals surface area contributed by atoms with E-state index in [0.29, 0.717) is 12.5 Å². The van der Waals surface area contributed by atoms with Gasteiger partial charge in [-0.25, -0.2) is 8.42 Å². The molecule has 3 nitrogen and oxygen atoms in total. The van der Waals surface area contributed by atoms with E-state index in [9.17, 15) is 8.42 Å². The van der Waals surface area contributed by atoms with E-state index < -0.39 is 9.84 Å². The van der Waals surface area contributed by atoms with Gasteiger partial charge in [0.05, 0.1) is 5.75 Å². The van der Waals surface area contributed by atoms with Crippen LogP contribution in [0.25, 0.3) is 0 Å². The quantitative estimate of drug-likeness (QED) is 0.519. The van der Waals surface area contributed by atoms with Crippen molar-refractivity contribution in [2.45, 2.75) is 32.7 Å². The van der Waals surface area contributed by atoms with Crippen molar-refractivity contribution in [3.8, 4) is 0 Å². The minimum Gasteiger partial charge on any atom is -0.314 e. The van der Waals surface area contributed by atoms with Crippen LogP contribution in [0.15, 0.2) is 12.2 Å². The molecule has 0 radical (unpaired) electrons. The fraction of sp³-hybridized carbons (Fsp3) is 0.800. The van der Waals surface area contributed by atoms with Gasteiger partial charge in [0.15, 0.2) is 0 Å². The maximum Gasteiger partial charge on any atom is 0.147 e. The van der Waals surface area contributed by atoms with E-state index in [-0.39, 0.29) is 5.75 Å². The molecule has 0 aromatic carbocycles. The summed E-state index contributed by atoms with van der Waals surface area (Å²) in [5.74, 6) is 0.251. The van der Waals surface area contributed by atoms with Crippen LogP contribution in [0.5, 0.6) is 0 Å². The van der Waals surface area contributed by atoms with Crippen LogP contribution < -0.4 is 5.32 Å². The molecule has 1 N–H and O–H groups in total. The summed E-state index contributed by atoms with van der Waals surface area (Å²) in [6.45, 7) is 5.16. The van der Waals surface area contributed by atoms with Gasteiger partial charge in [-0.05, 0) is 19.4 Å². The molecule has 0 aliphatic rings. The molecule has 0 aliphatic heterocycles. The van der Waals surface area contributed by atoms with Gasteiger partial charge in [0, 0.05) is 12.3 Å². The van der Waals surface area contributed by atoms with Crippen LogP contribution in [0, 0.1) is 0 Å². The van der Waals surface area contributed by atoms with Gasteiger partial charge in [-0.2, -0.15) is 0 Å². The Morgan fingerprint density at radius 2 is 1.79 bits per heavy atom. The van der Waals surface area contributed by atoms with Crippen molar-refractivity contribution >= 4 is 9.84 Å². The smallest absolute Gasteiger partial charge is 0.147 e. The first-order valence-electron chi connectivity index (χ1n) is 4.98. The first kappa shape index (κ1) is 13.7. The fourth-order valence-electron chi connectivity index (χ4n) is 0.973. The van der Waals surface area contributed by atoms with Gasteiger partial charge >= 0.3 is 0 Å². The van der Waals surface area contributed by atoms with Crippen LogP contribution in [-0.2, 0) is 9.84 Å². The zero-order valence-electron chi connectivity index (χ0n) is 9.29. The van der Waals surface area contributed by atoms with Crippen LogP contribution in [0.3, 0.4) is 0 Å². The Labute approximate surface area is 87.5 Å². The van der Waals surface area contributed by atoms with Crippen molar-refractivity contribution in [1.82, 2.24) is 5.32 Å². The van der Waals surface area contributed by atoms with E-state index in [4.69, 9.17) is 0 Å². The lowest BCUT2D eigenvalue weighted by Crippen LogP contribution is -2.23. The van der Waals surface area contributed by atoms with Gasteiger partial charge in [-0.1, -0.05) is 26.0 Å². The van der Waals surface area contributed by atoms with Crippen molar-refractivity contribution < 1.29 is 8.42 Å². The number of allylic oxidation sites excluding steroid dienone is 1. The minimum absolute atomic E-state index is 0.251. The van der Waals surface area contributed by atoms with Crippen LogP contribution >= 0.6 is 0 Å². The van der Waals surface area contributed by atoms with Crippen molar-refractivity contribution in [3.63, 3.8) is 0 Å². The molecule has 0 fully saturated rings. The molecule has 0 aliphatic carbocycles. The lowest BCUT2D eigenvalue weighted by molar-refractivity contribution is 0.594. The van der Waals surface area contributed by atoms with Crippen molar-refractivity contribution in [2.75, 3.05) is 18.6 Å². The summed E-state index contributed by atoms with van der Waals surface area (Å²) in [7, 11) is -2.80. The number of hydrogen-bond donors (Lipinski definition) is 1. The van der Waals surface area contributed by atoms with Gasteiger partial charge in [0.1, 0.15) is 9.84 Å². The Morgan fingerprint density at radius 3 is 2.29 bits per heavy atom. The Kier molecular flexibility index (Phi) is 6.83. The molecule has 0 heterocycles. The van der Waals surface area contributed by atoms with E-state index in [2.05, 4.69) is 19.2 Å². The summed E-state index contributed by atoms with van der Waals surface area (Å²) in [5, 5.41) is 3.28. The largest absolute Gasteiger partial charge is 0.314 e. The third-order valence-corrected chi connectivity index (χ3v) is 2.66. The normalized spacial score (nSPS) is 12.9. The predicted molar refractivity (Wildman–Crippen MR) is 61.2 cm³/mol. The number of nitrogens with one attached hydrogen (secondary N) is 1. The molecule has 0 unspecified atom stereocenters. The summed E-state index contributed by atoms with van der Waals surface area (Å²) >= 11 is 0. The summed E-state index contributed by atoms with van der Waals surface area (Å²) in [4.78, 5) is 0. The minimum atomic E-state index is -2.80. The number of rotatable bonds is 7. The monoisotopic (exact) mass is 219 g/mol. The summed E-state index contributed by atoms with van der Waals surface area (Å²) in [5.41, 5.74) is 0. The zero-order chi connectivity index (χ0) is 11.0. The first-order chi connectivity index (χ1) is 6.42. The second-order valence-corrected chi connectivity index (χ2v) is 6.05. The second kappa shape index (κ2) is 7.01. The molecule has 84 valence electrons. The highest BCUT2D eigenvalue weighted by molar-refractivity contribution is 7.90. The molecule has 0 spiro atoms. The highest BCUT2D eigenvalue weighted by Crippen LogP contribution is 1.92. The van der Waals surface area contributed by atoms with Crippen LogP contribution in [0.2, 0.25) is 0 Å². The molecule has 0 saturated heterocycles. The van der Waals surface area contributed by atoms with Gasteiger partial charge in [0.25, 0.3) is 0 Å². The first-order valence-corrected chi connectivity index (χ1v) is 7.04. The standard InChI is InChI=1S/C10H21NO2S/c1-10(2)11-8-6-4-5-7-9-14(3,12)13/h4-5,10-11H,6-9H2,1-3H3. The Bertz CT molecular complexity index is 255. The maximum absolute atomic E-state index is 10.8. The van der Waals surface area contributed by atoms with Gasteiger partial charge < -0.3 is 5.32 Å². The van der Waals surface area contributed by atoms with Crippen molar-refractivity contribution in [3.05, 3.63) is 12.2 Å². The van der Waals surface area contributed by atoms with E-state index in [1.807, 2.05) is 12.2 Å². The SMILES string of the molecule is CC(C)NCCC=CCCS(C)(=O)=O. The Morgan fingerprint density at radius 1 is 1.21 bits per heavy atom. The lowest BCUT2D eigenvalue weighted by Gasteiger charge is -2.04. The average Bonchev–Trinajstić information content (AvgIpc) is 2.00. The summed E-state index contributed by atoms with van der Waals surface area (Å²) in [6.07, 6.45) is 6.81. The maximum atomic E-state index is 10.8. The summed E-state index contributed by atoms with van der Waals surface area (Å²) in [6, 6.07) is 0.513. The van der Waals surface area contributed by atoms with Crippen molar-refractivity contribution in [2.24, 2.45) is 0 Å². The molecule has 14 heavy (non-hydrogen) atoms. The van der Waals surface area contributed by atoms with Gasteiger partial charge in [-0.3, -0.25) is 0 Å². The van der Waals surface area contributed by atoms with Gasteiger partial charge in [0.2, 0.25) is 0 Å². The molecule has 0 saturated carbocycles. The molecule has 4 heteroatoms. The highest BCUT2D eigenvalue weighted by Gasteiger charge is 1.97. The van der Waals surface area contributed by atoms with Crippen LogP contribution in [0.1, 0.15) is 26.7 Å². The molecule has 0 amide bonds. The zero-order valence-corrected chi connectivity index (χ0v) is 10.1. The molecule has 0 aromatic rings. The van der Waals surface area contributed by atoms with E-state index in [1.165, 1.54) is 6.26 Å². The molecule has 0 rings (SSSR count). The van der Waals surface area contributed by atoms with Crippen LogP contribution in [-0.4, -0.2) is 33.0 Å². The number of sulfone groups is 1.